The van der Waals surface area contributed by atoms with Crippen LogP contribution in [0.15, 0.2) is 11.7 Å². The van der Waals surface area contributed by atoms with E-state index in [9.17, 15) is 0 Å². The molecule has 0 bridgehead atoms. The van der Waals surface area contributed by atoms with Crippen LogP contribution in [0.5, 0.6) is 5.06 Å². The number of hydrogen-bond donors (Lipinski definition) is 0. The molecule has 1 aromatic heterocycles. The van der Waals surface area contributed by atoms with Crippen LogP contribution in [0.25, 0.3) is 0 Å². The van der Waals surface area contributed by atoms with Gasteiger partial charge in [-0.05, 0) is 17.8 Å². The van der Waals surface area contributed by atoms with Gasteiger partial charge < -0.3 is 4.74 Å². The normalized spacial score (nSPS) is 11.7. The lowest BCUT2D eigenvalue weighted by molar-refractivity contribution is -0.750. The second-order valence-corrected chi connectivity index (χ2v) is 4.95. The Balaban J connectivity index is 2.64. The largest absolute Gasteiger partial charge is 0.480 e. The number of aromatic nitrogens is 1. The average molecular weight is 200 g/mol. The second kappa shape index (κ2) is 4.09. The molecule has 0 aliphatic heterocycles. The van der Waals surface area contributed by atoms with Crippen LogP contribution in [-0.4, -0.2) is 6.61 Å². The van der Waals surface area contributed by atoms with Gasteiger partial charge in [-0.15, -0.1) is 0 Å². The predicted molar refractivity (Wildman–Crippen MR) is 55.3 cm³/mol. The smallest absolute Gasteiger partial charge is 0.244 e. The van der Waals surface area contributed by atoms with Crippen molar-refractivity contribution in [1.82, 2.24) is 0 Å². The van der Waals surface area contributed by atoms with Gasteiger partial charge in [0.05, 0.1) is 6.61 Å². The van der Waals surface area contributed by atoms with Crippen molar-refractivity contribution in [3.63, 3.8) is 0 Å². The fraction of sp³-hybridized carbons (Fsp3) is 0.700. The highest BCUT2D eigenvalue weighted by molar-refractivity contribution is 7.11. The zero-order valence-electron chi connectivity index (χ0n) is 8.83. The summed E-state index contributed by atoms with van der Waals surface area (Å²) in [6.45, 7) is 9.48. The molecule has 1 heterocycles. The molecule has 0 radical (unpaired) electrons. The first-order chi connectivity index (χ1) is 6.04. The van der Waals surface area contributed by atoms with Crippen molar-refractivity contribution in [1.29, 1.82) is 0 Å². The summed E-state index contributed by atoms with van der Waals surface area (Å²) < 4.78 is 7.71. The highest BCUT2D eigenvalue weighted by Gasteiger charge is 2.23. The van der Waals surface area contributed by atoms with E-state index in [1.807, 2.05) is 0 Å². The summed E-state index contributed by atoms with van der Waals surface area (Å²) in [5.41, 5.74) is 2.26. The highest BCUT2D eigenvalue weighted by Crippen LogP contribution is 2.18. The molecule has 0 atom stereocenters. The molecule has 0 spiro atoms. The van der Waals surface area contributed by atoms with Crippen LogP contribution >= 0.6 is 11.3 Å². The van der Waals surface area contributed by atoms with Crippen LogP contribution in [0.1, 0.15) is 34.1 Å². The van der Waals surface area contributed by atoms with Gasteiger partial charge in [-0.1, -0.05) is 6.92 Å². The summed E-state index contributed by atoms with van der Waals surface area (Å²) in [6, 6.07) is 0. The standard InChI is InChI=1S/C10H18NOS/c1-5-6-12-9-7-11(8-13-9)10(2,3)4/h7-8H,5-6H2,1-4H3/q+1. The molecular formula is C10H18NOS+. The maximum absolute atomic E-state index is 5.53. The number of hydrogen-bond acceptors (Lipinski definition) is 2. The number of rotatable bonds is 3. The molecule has 0 saturated heterocycles. The Labute approximate surface area is 84.2 Å². The Morgan fingerprint density at radius 2 is 2.15 bits per heavy atom. The molecule has 0 unspecified atom stereocenters. The van der Waals surface area contributed by atoms with Gasteiger partial charge in [0.15, 0.2) is 5.54 Å². The Hall–Kier alpha value is -0.570. The molecule has 0 N–H and O–H groups in total. The van der Waals surface area contributed by atoms with E-state index in [4.69, 9.17) is 4.74 Å². The molecule has 74 valence electrons. The maximum Gasteiger partial charge on any atom is 0.244 e. The Morgan fingerprint density at radius 1 is 1.46 bits per heavy atom. The molecule has 0 saturated carbocycles. The molecular weight excluding hydrogens is 182 g/mol. The van der Waals surface area contributed by atoms with E-state index in [1.165, 1.54) is 0 Å². The van der Waals surface area contributed by atoms with E-state index in [0.29, 0.717) is 0 Å². The van der Waals surface area contributed by atoms with Crippen molar-refractivity contribution in [3.05, 3.63) is 11.7 Å². The second-order valence-electron chi connectivity index (χ2n) is 4.10. The Morgan fingerprint density at radius 3 is 2.62 bits per heavy atom. The lowest BCUT2D eigenvalue weighted by Gasteiger charge is -2.09. The zero-order valence-corrected chi connectivity index (χ0v) is 9.65. The maximum atomic E-state index is 5.53. The number of nitrogens with zero attached hydrogens (tertiary/aromatic N) is 1. The van der Waals surface area contributed by atoms with Crippen LogP contribution in [0.4, 0.5) is 0 Å². The molecule has 3 heteroatoms. The summed E-state index contributed by atoms with van der Waals surface area (Å²) in [5.74, 6) is 0. The topological polar surface area (TPSA) is 13.1 Å². The lowest BCUT2D eigenvalue weighted by atomic mass is 10.1. The molecule has 0 amide bonds. The Bertz CT molecular complexity index is 262. The summed E-state index contributed by atoms with van der Waals surface area (Å²) in [4.78, 5) is 0. The van der Waals surface area contributed by atoms with Gasteiger partial charge in [-0.25, -0.2) is 0 Å². The molecule has 1 rings (SSSR count). The summed E-state index contributed by atoms with van der Waals surface area (Å²) in [6.07, 6.45) is 3.13. The molecule has 13 heavy (non-hydrogen) atoms. The molecule has 0 fully saturated rings. The van der Waals surface area contributed by atoms with E-state index < -0.39 is 0 Å². The molecule has 0 aliphatic rings. The minimum Gasteiger partial charge on any atom is -0.480 e. The van der Waals surface area contributed by atoms with E-state index >= 15 is 0 Å². The van der Waals surface area contributed by atoms with Crippen molar-refractivity contribution >= 4 is 11.3 Å². The van der Waals surface area contributed by atoms with Crippen LogP contribution in [-0.2, 0) is 5.54 Å². The van der Waals surface area contributed by atoms with E-state index in [-0.39, 0.29) is 5.54 Å². The predicted octanol–water partition coefficient (Wildman–Crippen LogP) is 2.58. The van der Waals surface area contributed by atoms with Crippen LogP contribution < -0.4 is 9.30 Å². The van der Waals surface area contributed by atoms with Gasteiger partial charge in [0.1, 0.15) is 0 Å². The first-order valence-electron chi connectivity index (χ1n) is 4.67. The average Bonchev–Trinajstić information content (AvgIpc) is 2.47. The quantitative estimate of drug-likeness (QED) is 0.684. The molecule has 0 aliphatic carbocycles. The van der Waals surface area contributed by atoms with Gasteiger partial charge in [-0.3, -0.25) is 0 Å². The van der Waals surface area contributed by atoms with Crippen LogP contribution in [0.3, 0.4) is 0 Å². The van der Waals surface area contributed by atoms with Gasteiger partial charge >= 0.3 is 0 Å². The fourth-order valence-corrected chi connectivity index (χ4v) is 1.83. The fourth-order valence-electron chi connectivity index (χ4n) is 0.909. The molecule has 0 aromatic carbocycles. The van der Waals surface area contributed by atoms with Crippen molar-refractivity contribution in [2.24, 2.45) is 0 Å². The SMILES string of the molecule is CCCOc1c[n+](C(C)(C)C)cs1. The van der Waals surface area contributed by atoms with Crippen molar-refractivity contribution < 1.29 is 9.30 Å². The van der Waals surface area contributed by atoms with E-state index in [1.54, 1.807) is 11.3 Å². The van der Waals surface area contributed by atoms with E-state index in [2.05, 4.69) is 44.0 Å². The number of ether oxygens (including phenoxy) is 1. The first kappa shape index (κ1) is 10.5. The summed E-state index contributed by atoms with van der Waals surface area (Å²) in [7, 11) is 0. The summed E-state index contributed by atoms with van der Waals surface area (Å²) >= 11 is 1.66. The van der Waals surface area contributed by atoms with Gasteiger partial charge in [0.25, 0.3) is 0 Å². The third-order valence-electron chi connectivity index (χ3n) is 1.75. The van der Waals surface area contributed by atoms with Gasteiger partial charge in [-0.2, -0.15) is 4.57 Å². The molecule has 2 nitrogen and oxygen atoms in total. The van der Waals surface area contributed by atoms with E-state index in [0.717, 1.165) is 18.1 Å². The van der Waals surface area contributed by atoms with Gasteiger partial charge in [0.2, 0.25) is 16.8 Å². The zero-order chi connectivity index (χ0) is 9.90. The highest BCUT2D eigenvalue weighted by atomic mass is 32.1. The third kappa shape index (κ3) is 2.99. The first-order valence-corrected chi connectivity index (χ1v) is 5.55. The van der Waals surface area contributed by atoms with Crippen molar-refractivity contribution in [2.75, 3.05) is 6.61 Å². The monoisotopic (exact) mass is 200 g/mol. The minimum atomic E-state index is 0.157. The minimum absolute atomic E-state index is 0.157. The van der Waals surface area contributed by atoms with Crippen molar-refractivity contribution in [2.45, 2.75) is 39.7 Å². The van der Waals surface area contributed by atoms with Crippen molar-refractivity contribution in [3.8, 4) is 5.06 Å². The van der Waals surface area contributed by atoms with Crippen LogP contribution in [0, 0.1) is 0 Å². The van der Waals surface area contributed by atoms with Gasteiger partial charge in [0, 0.05) is 20.8 Å². The van der Waals surface area contributed by atoms with Crippen LogP contribution in [0.2, 0.25) is 0 Å². The summed E-state index contributed by atoms with van der Waals surface area (Å²) in [5, 5.41) is 1.01. The Kier molecular flexibility index (Phi) is 3.31. The molecule has 1 aromatic rings. The number of thiazole rings is 1. The lowest BCUT2D eigenvalue weighted by Crippen LogP contribution is -2.47. The third-order valence-corrected chi connectivity index (χ3v) is 2.54.